The van der Waals surface area contributed by atoms with Crippen LogP contribution < -0.4 is 4.74 Å². The summed E-state index contributed by atoms with van der Waals surface area (Å²) < 4.78 is 5.44. The number of Topliss-reactive ketones (excluding diaryl/α,β-unsaturated/α-hetero) is 1. The molecular weight excluding hydrogens is 240 g/mol. The van der Waals surface area contributed by atoms with Gasteiger partial charge < -0.3 is 9.84 Å². The summed E-state index contributed by atoms with van der Waals surface area (Å²) in [5.41, 5.74) is 1.70. The second-order valence-corrected chi connectivity index (χ2v) is 4.20. The first-order chi connectivity index (χ1) is 9.29. The number of hydrogen-bond donors (Lipinski definition) is 1. The van der Waals surface area contributed by atoms with Crippen LogP contribution in [0.15, 0.2) is 54.6 Å². The fourth-order valence-electron chi connectivity index (χ4n) is 1.74. The van der Waals surface area contributed by atoms with E-state index in [1.54, 1.807) is 12.1 Å². The van der Waals surface area contributed by atoms with E-state index < -0.39 is 0 Å². The molecule has 0 aliphatic rings. The molecule has 0 bridgehead atoms. The van der Waals surface area contributed by atoms with E-state index >= 15 is 0 Å². The molecule has 0 fully saturated rings. The van der Waals surface area contributed by atoms with Crippen LogP contribution in [-0.2, 0) is 6.42 Å². The summed E-state index contributed by atoms with van der Waals surface area (Å²) in [4.78, 5) is 11.8. The lowest BCUT2D eigenvalue weighted by Crippen LogP contribution is -2.11. The first kappa shape index (κ1) is 13.3. The molecule has 0 saturated heterocycles. The lowest BCUT2D eigenvalue weighted by Gasteiger charge is -2.06. The molecule has 0 unspecified atom stereocenters. The Kier molecular flexibility index (Phi) is 4.70. The van der Waals surface area contributed by atoms with Gasteiger partial charge in [0, 0.05) is 12.2 Å². The molecule has 98 valence electrons. The first-order valence-electron chi connectivity index (χ1n) is 6.20. The molecule has 0 amide bonds. The second kappa shape index (κ2) is 6.71. The Balaban J connectivity index is 1.90. The normalized spacial score (nSPS) is 10.2. The molecule has 3 nitrogen and oxygen atoms in total. The molecule has 0 aromatic heterocycles. The third kappa shape index (κ3) is 3.93. The van der Waals surface area contributed by atoms with Gasteiger partial charge in [-0.05, 0) is 24.1 Å². The van der Waals surface area contributed by atoms with Gasteiger partial charge in [0.1, 0.15) is 5.75 Å². The SMILES string of the molecule is O=C(COc1ccc(CCO)cc1)c1ccccc1. The third-order valence-electron chi connectivity index (χ3n) is 2.79. The van der Waals surface area contributed by atoms with E-state index in [4.69, 9.17) is 9.84 Å². The first-order valence-corrected chi connectivity index (χ1v) is 6.20. The van der Waals surface area contributed by atoms with E-state index in [1.165, 1.54) is 0 Å². The van der Waals surface area contributed by atoms with Gasteiger partial charge in [0.15, 0.2) is 12.4 Å². The highest BCUT2D eigenvalue weighted by Gasteiger charge is 2.05. The van der Waals surface area contributed by atoms with Gasteiger partial charge in [-0.1, -0.05) is 42.5 Å². The maximum atomic E-state index is 11.8. The van der Waals surface area contributed by atoms with Crippen molar-refractivity contribution in [2.45, 2.75) is 6.42 Å². The van der Waals surface area contributed by atoms with Gasteiger partial charge in [0.05, 0.1) is 0 Å². The number of carbonyl (C=O) groups is 1. The highest BCUT2D eigenvalue weighted by molar-refractivity contribution is 5.97. The number of ketones is 1. The maximum Gasteiger partial charge on any atom is 0.200 e. The average Bonchev–Trinajstić information content (AvgIpc) is 2.47. The molecule has 0 atom stereocenters. The quantitative estimate of drug-likeness (QED) is 0.808. The Hall–Kier alpha value is -2.13. The van der Waals surface area contributed by atoms with Crippen LogP contribution in [0.3, 0.4) is 0 Å². The fraction of sp³-hybridized carbons (Fsp3) is 0.188. The molecule has 3 heteroatoms. The zero-order chi connectivity index (χ0) is 13.5. The smallest absolute Gasteiger partial charge is 0.200 e. The van der Waals surface area contributed by atoms with Crippen LogP contribution in [0.4, 0.5) is 0 Å². The molecule has 1 N–H and O–H groups in total. The van der Waals surface area contributed by atoms with Crippen molar-refractivity contribution < 1.29 is 14.6 Å². The number of ether oxygens (including phenoxy) is 1. The molecule has 0 aliphatic carbocycles. The van der Waals surface area contributed by atoms with Crippen molar-refractivity contribution in [1.82, 2.24) is 0 Å². The van der Waals surface area contributed by atoms with Gasteiger partial charge in [-0.2, -0.15) is 0 Å². The van der Waals surface area contributed by atoms with Gasteiger partial charge in [0.25, 0.3) is 0 Å². The lowest BCUT2D eigenvalue weighted by atomic mass is 10.1. The van der Waals surface area contributed by atoms with Crippen molar-refractivity contribution in [1.29, 1.82) is 0 Å². The molecule has 0 radical (unpaired) electrons. The van der Waals surface area contributed by atoms with E-state index in [0.717, 1.165) is 5.56 Å². The zero-order valence-corrected chi connectivity index (χ0v) is 10.6. The number of rotatable bonds is 6. The largest absolute Gasteiger partial charge is 0.485 e. The fourth-order valence-corrected chi connectivity index (χ4v) is 1.74. The van der Waals surface area contributed by atoms with Crippen LogP contribution >= 0.6 is 0 Å². The monoisotopic (exact) mass is 256 g/mol. The van der Waals surface area contributed by atoms with Gasteiger partial charge in [-0.25, -0.2) is 0 Å². The highest BCUT2D eigenvalue weighted by Crippen LogP contribution is 2.13. The number of aliphatic hydroxyl groups excluding tert-OH is 1. The molecular formula is C16H16O3. The molecule has 0 saturated carbocycles. The Labute approximate surface area is 112 Å². The molecule has 0 heterocycles. The minimum absolute atomic E-state index is 0.0311. The molecule has 2 aromatic rings. The average molecular weight is 256 g/mol. The van der Waals surface area contributed by atoms with E-state index in [9.17, 15) is 4.79 Å². The Morgan fingerprint density at radius 3 is 2.32 bits per heavy atom. The van der Waals surface area contributed by atoms with Crippen LogP contribution in [0.2, 0.25) is 0 Å². The second-order valence-electron chi connectivity index (χ2n) is 4.20. The van der Waals surface area contributed by atoms with Crippen LogP contribution in [0.25, 0.3) is 0 Å². The molecule has 0 aliphatic heterocycles. The van der Waals surface area contributed by atoms with Crippen molar-refractivity contribution in [3.63, 3.8) is 0 Å². The molecule has 2 aromatic carbocycles. The predicted molar refractivity (Wildman–Crippen MR) is 73.5 cm³/mol. The molecule has 0 spiro atoms. The summed E-state index contributed by atoms with van der Waals surface area (Å²) in [7, 11) is 0. The Morgan fingerprint density at radius 2 is 1.68 bits per heavy atom. The minimum atomic E-state index is -0.0416. The zero-order valence-electron chi connectivity index (χ0n) is 10.6. The van der Waals surface area contributed by atoms with E-state index in [1.807, 2.05) is 42.5 Å². The summed E-state index contributed by atoms with van der Waals surface area (Å²) in [6.07, 6.45) is 0.628. The number of carbonyl (C=O) groups excluding carboxylic acids is 1. The van der Waals surface area contributed by atoms with Crippen molar-refractivity contribution in [3.05, 3.63) is 65.7 Å². The predicted octanol–water partition coefficient (Wildman–Crippen LogP) is 2.48. The summed E-state index contributed by atoms with van der Waals surface area (Å²) in [5.74, 6) is 0.617. The van der Waals surface area contributed by atoms with Crippen LogP contribution in [0.1, 0.15) is 15.9 Å². The standard InChI is InChI=1S/C16H16O3/c17-11-10-13-6-8-15(9-7-13)19-12-16(18)14-4-2-1-3-5-14/h1-9,17H,10-12H2. The number of aliphatic hydroxyl groups is 1. The third-order valence-corrected chi connectivity index (χ3v) is 2.79. The summed E-state index contributed by atoms with van der Waals surface area (Å²) >= 11 is 0. The summed E-state index contributed by atoms with van der Waals surface area (Å²) in [5, 5.41) is 8.82. The minimum Gasteiger partial charge on any atom is -0.485 e. The van der Waals surface area contributed by atoms with Gasteiger partial charge in [0.2, 0.25) is 0 Å². The van der Waals surface area contributed by atoms with Crippen molar-refractivity contribution in [2.75, 3.05) is 13.2 Å². The van der Waals surface area contributed by atoms with E-state index in [0.29, 0.717) is 17.7 Å². The lowest BCUT2D eigenvalue weighted by molar-refractivity contribution is 0.0921. The maximum absolute atomic E-state index is 11.8. The summed E-state index contributed by atoms with van der Waals surface area (Å²) in [6, 6.07) is 16.5. The van der Waals surface area contributed by atoms with Crippen molar-refractivity contribution in [2.24, 2.45) is 0 Å². The van der Waals surface area contributed by atoms with Crippen LogP contribution in [0.5, 0.6) is 5.75 Å². The number of benzene rings is 2. The van der Waals surface area contributed by atoms with Gasteiger partial charge >= 0.3 is 0 Å². The van der Waals surface area contributed by atoms with Gasteiger partial charge in [-0.15, -0.1) is 0 Å². The Morgan fingerprint density at radius 1 is 1.00 bits per heavy atom. The molecule has 19 heavy (non-hydrogen) atoms. The summed E-state index contributed by atoms with van der Waals surface area (Å²) in [6.45, 7) is 0.163. The van der Waals surface area contributed by atoms with E-state index in [2.05, 4.69) is 0 Å². The highest BCUT2D eigenvalue weighted by atomic mass is 16.5. The van der Waals surface area contributed by atoms with Crippen LogP contribution in [0, 0.1) is 0 Å². The van der Waals surface area contributed by atoms with Gasteiger partial charge in [-0.3, -0.25) is 4.79 Å². The number of hydrogen-bond acceptors (Lipinski definition) is 3. The van der Waals surface area contributed by atoms with Crippen LogP contribution in [-0.4, -0.2) is 24.1 Å². The Bertz CT molecular complexity index is 517. The van der Waals surface area contributed by atoms with Crippen molar-refractivity contribution in [3.8, 4) is 5.75 Å². The molecule has 2 rings (SSSR count). The topological polar surface area (TPSA) is 46.5 Å². The van der Waals surface area contributed by atoms with Crippen molar-refractivity contribution >= 4 is 5.78 Å². The van der Waals surface area contributed by atoms with E-state index in [-0.39, 0.29) is 19.0 Å².